The Morgan fingerprint density at radius 1 is 1.50 bits per heavy atom. The summed E-state index contributed by atoms with van der Waals surface area (Å²) in [6, 6.07) is 4.16. The van der Waals surface area contributed by atoms with Gasteiger partial charge in [0, 0.05) is 11.4 Å². The predicted octanol–water partition coefficient (Wildman–Crippen LogP) is 1.83. The molecule has 0 saturated heterocycles. The van der Waals surface area contributed by atoms with Gasteiger partial charge in [-0.05, 0) is 17.9 Å². The number of anilines is 1. The number of carbonyl (C=O) groups excluding carboxylic acids is 1. The molecule has 5 nitrogen and oxygen atoms in total. The lowest BCUT2D eigenvalue weighted by Crippen LogP contribution is -2.12. The summed E-state index contributed by atoms with van der Waals surface area (Å²) >= 11 is 4.50. The molecule has 2 aromatic heterocycles. The summed E-state index contributed by atoms with van der Waals surface area (Å²) in [7, 11) is 0. The number of thioether (sulfide) groups is 1. The zero-order valence-electron chi connectivity index (χ0n) is 9.46. The predicted molar refractivity (Wildman–Crippen MR) is 76.3 cm³/mol. The van der Waals surface area contributed by atoms with Gasteiger partial charge < -0.3 is 11.1 Å². The second kappa shape index (κ2) is 6.72. The third-order valence-corrected chi connectivity index (χ3v) is 4.94. The summed E-state index contributed by atoms with van der Waals surface area (Å²) in [6.07, 6.45) is 0.973. The van der Waals surface area contributed by atoms with Gasteiger partial charge in [-0.1, -0.05) is 29.2 Å². The minimum atomic E-state index is -0.345. The van der Waals surface area contributed by atoms with Crippen molar-refractivity contribution in [3.8, 4) is 0 Å². The van der Waals surface area contributed by atoms with Crippen molar-refractivity contribution >= 4 is 45.5 Å². The highest BCUT2D eigenvalue weighted by Gasteiger charge is 2.05. The Morgan fingerprint density at radius 2 is 2.39 bits per heavy atom. The molecule has 2 rings (SSSR count). The molecule has 3 N–H and O–H groups in total. The fraction of sp³-hybridized carbons (Fsp3) is 0.300. The SMILES string of the molecule is NC(=O)CSc1nnc(NCCc2cccs2)s1. The Balaban J connectivity index is 1.74. The summed E-state index contributed by atoms with van der Waals surface area (Å²) in [5.74, 6) is -0.105. The van der Waals surface area contributed by atoms with Gasteiger partial charge in [0.2, 0.25) is 11.0 Å². The number of hydrogen-bond donors (Lipinski definition) is 2. The fourth-order valence-corrected chi connectivity index (χ4v) is 3.45. The van der Waals surface area contributed by atoms with Crippen molar-refractivity contribution in [1.29, 1.82) is 0 Å². The van der Waals surface area contributed by atoms with E-state index in [1.807, 2.05) is 6.07 Å². The van der Waals surface area contributed by atoms with E-state index in [-0.39, 0.29) is 11.7 Å². The molecule has 96 valence electrons. The van der Waals surface area contributed by atoms with Crippen LogP contribution < -0.4 is 11.1 Å². The average molecular weight is 300 g/mol. The fourth-order valence-electron chi connectivity index (χ4n) is 1.22. The molecular formula is C10H12N4OS3. The Bertz CT molecular complexity index is 497. The maximum absolute atomic E-state index is 10.6. The molecule has 0 aliphatic heterocycles. The molecule has 18 heavy (non-hydrogen) atoms. The highest BCUT2D eigenvalue weighted by atomic mass is 32.2. The van der Waals surface area contributed by atoms with Crippen LogP contribution in [0.5, 0.6) is 0 Å². The van der Waals surface area contributed by atoms with Crippen molar-refractivity contribution in [2.24, 2.45) is 5.73 Å². The van der Waals surface area contributed by atoms with Crippen molar-refractivity contribution in [3.63, 3.8) is 0 Å². The second-order valence-corrected chi connectivity index (χ2v) is 6.62. The van der Waals surface area contributed by atoms with Crippen LogP contribution >= 0.6 is 34.4 Å². The van der Waals surface area contributed by atoms with E-state index in [0.29, 0.717) is 0 Å². The van der Waals surface area contributed by atoms with Gasteiger partial charge in [-0.25, -0.2) is 0 Å². The zero-order chi connectivity index (χ0) is 12.8. The van der Waals surface area contributed by atoms with Gasteiger partial charge in [-0.15, -0.1) is 21.5 Å². The highest BCUT2D eigenvalue weighted by molar-refractivity contribution is 8.01. The standard InChI is InChI=1S/C10H12N4OS3/c11-8(15)6-17-10-14-13-9(18-10)12-4-3-7-2-1-5-16-7/h1-2,5H,3-4,6H2,(H2,11,15)(H,12,13). The summed E-state index contributed by atoms with van der Waals surface area (Å²) in [6.45, 7) is 0.829. The number of primary amides is 1. The van der Waals surface area contributed by atoms with Crippen LogP contribution in [0, 0.1) is 0 Å². The van der Waals surface area contributed by atoms with Crippen LogP contribution in [-0.4, -0.2) is 28.4 Å². The van der Waals surface area contributed by atoms with E-state index >= 15 is 0 Å². The number of aromatic nitrogens is 2. The van der Waals surface area contributed by atoms with Gasteiger partial charge >= 0.3 is 0 Å². The van der Waals surface area contributed by atoms with Crippen LogP contribution in [0.1, 0.15) is 4.88 Å². The number of rotatable bonds is 7. The molecule has 0 aliphatic carbocycles. The number of hydrogen-bond acceptors (Lipinski definition) is 7. The molecule has 2 aromatic rings. The molecular weight excluding hydrogens is 288 g/mol. The van der Waals surface area contributed by atoms with Crippen molar-refractivity contribution in [3.05, 3.63) is 22.4 Å². The Morgan fingerprint density at radius 3 is 3.11 bits per heavy atom. The third kappa shape index (κ3) is 4.28. The summed E-state index contributed by atoms with van der Waals surface area (Å²) < 4.78 is 0.757. The van der Waals surface area contributed by atoms with Crippen LogP contribution in [0.2, 0.25) is 0 Å². The van der Waals surface area contributed by atoms with E-state index in [4.69, 9.17) is 5.73 Å². The summed E-state index contributed by atoms with van der Waals surface area (Å²) in [5.41, 5.74) is 5.06. The van der Waals surface area contributed by atoms with Gasteiger partial charge in [-0.3, -0.25) is 4.79 Å². The van der Waals surface area contributed by atoms with Gasteiger partial charge in [0.1, 0.15) is 0 Å². The zero-order valence-corrected chi connectivity index (χ0v) is 11.9. The molecule has 0 atom stereocenters. The maximum atomic E-state index is 10.6. The van der Waals surface area contributed by atoms with E-state index in [9.17, 15) is 4.79 Å². The minimum absolute atomic E-state index is 0.240. The smallest absolute Gasteiger partial charge is 0.227 e. The van der Waals surface area contributed by atoms with E-state index in [1.54, 1.807) is 11.3 Å². The maximum Gasteiger partial charge on any atom is 0.227 e. The molecule has 0 fully saturated rings. The lowest BCUT2D eigenvalue weighted by atomic mass is 10.3. The molecule has 8 heteroatoms. The Kier molecular flexibility index (Phi) is 4.97. The first-order valence-corrected chi connectivity index (χ1v) is 7.93. The molecule has 0 aliphatic rings. The number of nitrogens with zero attached hydrogens (tertiary/aromatic N) is 2. The molecule has 0 spiro atoms. The lowest BCUT2D eigenvalue weighted by molar-refractivity contribution is -0.115. The normalized spacial score (nSPS) is 10.4. The quantitative estimate of drug-likeness (QED) is 0.763. The molecule has 0 unspecified atom stereocenters. The largest absolute Gasteiger partial charge is 0.369 e. The first-order chi connectivity index (χ1) is 8.74. The van der Waals surface area contributed by atoms with Crippen LogP contribution in [0.3, 0.4) is 0 Å². The highest BCUT2D eigenvalue weighted by Crippen LogP contribution is 2.25. The number of thiophene rings is 1. The summed E-state index contributed by atoms with van der Waals surface area (Å²) in [5, 5.41) is 14.0. The first kappa shape index (κ1) is 13.3. The van der Waals surface area contributed by atoms with Gasteiger partial charge in [0.15, 0.2) is 4.34 Å². The molecule has 1 amide bonds. The van der Waals surface area contributed by atoms with E-state index < -0.39 is 0 Å². The van der Waals surface area contributed by atoms with E-state index in [0.717, 1.165) is 22.4 Å². The molecule has 0 bridgehead atoms. The summed E-state index contributed by atoms with van der Waals surface area (Å²) in [4.78, 5) is 12.0. The monoisotopic (exact) mass is 300 g/mol. The van der Waals surface area contributed by atoms with Crippen molar-refractivity contribution in [2.45, 2.75) is 10.8 Å². The number of nitrogens with one attached hydrogen (secondary N) is 1. The Hall–Kier alpha value is -1.12. The molecule has 2 heterocycles. The average Bonchev–Trinajstić information content (AvgIpc) is 2.97. The number of amides is 1. The van der Waals surface area contributed by atoms with Gasteiger partial charge in [0.25, 0.3) is 0 Å². The first-order valence-electron chi connectivity index (χ1n) is 5.25. The lowest BCUT2D eigenvalue weighted by Gasteiger charge is -1.98. The van der Waals surface area contributed by atoms with Crippen LogP contribution in [0.15, 0.2) is 21.9 Å². The van der Waals surface area contributed by atoms with Crippen LogP contribution in [0.4, 0.5) is 5.13 Å². The third-order valence-electron chi connectivity index (χ3n) is 1.97. The van der Waals surface area contributed by atoms with E-state index in [2.05, 4.69) is 27.0 Å². The van der Waals surface area contributed by atoms with E-state index in [1.165, 1.54) is 28.0 Å². The molecule has 0 radical (unpaired) electrons. The number of nitrogens with two attached hydrogens (primary N) is 1. The molecule has 0 saturated carbocycles. The second-order valence-electron chi connectivity index (χ2n) is 3.38. The topological polar surface area (TPSA) is 80.9 Å². The number of carbonyl (C=O) groups is 1. The van der Waals surface area contributed by atoms with Crippen LogP contribution in [0.25, 0.3) is 0 Å². The van der Waals surface area contributed by atoms with Crippen molar-refractivity contribution in [1.82, 2.24) is 10.2 Å². The van der Waals surface area contributed by atoms with Gasteiger partial charge in [0.05, 0.1) is 5.75 Å². The van der Waals surface area contributed by atoms with Crippen molar-refractivity contribution in [2.75, 3.05) is 17.6 Å². The van der Waals surface area contributed by atoms with Crippen molar-refractivity contribution < 1.29 is 4.79 Å². The molecule has 0 aromatic carbocycles. The van der Waals surface area contributed by atoms with Gasteiger partial charge in [-0.2, -0.15) is 0 Å². The van der Waals surface area contributed by atoms with Crippen LogP contribution in [-0.2, 0) is 11.2 Å². The minimum Gasteiger partial charge on any atom is -0.369 e. The Labute approximate surface area is 117 Å².